The molecule has 1 N–H and O–H groups in total. The first-order chi connectivity index (χ1) is 12.7. The van der Waals surface area contributed by atoms with Crippen LogP contribution in [0.2, 0.25) is 5.02 Å². The quantitative estimate of drug-likeness (QED) is 0.609. The fraction of sp³-hybridized carbons (Fsp3) is 0.650. The first-order valence-corrected chi connectivity index (χ1v) is 10.2. The van der Waals surface area contributed by atoms with Crippen molar-refractivity contribution in [2.24, 2.45) is 10.9 Å². The predicted octanol–water partition coefficient (Wildman–Crippen LogP) is 3.23. The summed E-state index contributed by atoms with van der Waals surface area (Å²) in [6.07, 6.45) is 3.98. The van der Waals surface area contributed by atoms with Gasteiger partial charge in [0.25, 0.3) is 0 Å². The number of rotatable bonds is 6. The van der Waals surface area contributed by atoms with Crippen LogP contribution < -0.4 is 10.1 Å². The van der Waals surface area contributed by atoms with E-state index in [0.29, 0.717) is 11.6 Å². The fourth-order valence-electron chi connectivity index (χ4n) is 3.94. The molecule has 0 amide bonds. The van der Waals surface area contributed by atoms with Gasteiger partial charge in [0.2, 0.25) is 0 Å². The van der Waals surface area contributed by atoms with Crippen molar-refractivity contribution < 1.29 is 4.74 Å². The van der Waals surface area contributed by atoms with Gasteiger partial charge < -0.3 is 19.9 Å². The van der Waals surface area contributed by atoms with Gasteiger partial charge in [-0.15, -0.1) is 0 Å². The Kier molecular flexibility index (Phi) is 7.03. The van der Waals surface area contributed by atoms with Crippen LogP contribution in [0.25, 0.3) is 0 Å². The summed E-state index contributed by atoms with van der Waals surface area (Å²) in [5.41, 5.74) is 1.06. The molecule has 2 heterocycles. The van der Waals surface area contributed by atoms with Crippen LogP contribution >= 0.6 is 11.6 Å². The molecule has 2 fully saturated rings. The highest BCUT2D eigenvalue weighted by Gasteiger charge is 2.27. The Bertz CT molecular complexity index is 616. The number of likely N-dealkylation sites (tertiary alicyclic amines) is 2. The lowest BCUT2D eigenvalue weighted by Crippen LogP contribution is -2.40. The standard InChI is InChI=1S/C20H31ClN4O/c1-3-22-20(23-13-17-6-7-18(21)12-19(17)26-2)25-11-8-16(15-25)14-24-9-4-5-10-24/h6-7,12,16H,3-5,8-11,13-15H2,1-2H3,(H,22,23). The maximum absolute atomic E-state index is 6.06. The maximum atomic E-state index is 6.06. The van der Waals surface area contributed by atoms with Crippen molar-refractivity contribution in [1.82, 2.24) is 15.1 Å². The molecule has 0 saturated carbocycles. The molecule has 2 saturated heterocycles. The first-order valence-electron chi connectivity index (χ1n) is 9.77. The molecule has 1 atom stereocenters. The molecule has 0 aliphatic carbocycles. The van der Waals surface area contributed by atoms with Gasteiger partial charge in [0, 0.05) is 36.8 Å². The Morgan fingerprint density at radius 2 is 2.12 bits per heavy atom. The van der Waals surface area contributed by atoms with Crippen LogP contribution in [0.5, 0.6) is 5.75 Å². The van der Waals surface area contributed by atoms with Gasteiger partial charge in [0.05, 0.1) is 13.7 Å². The summed E-state index contributed by atoms with van der Waals surface area (Å²) < 4.78 is 5.44. The summed E-state index contributed by atoms with van der Waals surface area (Å²) in [7, 11) is 1.67. The van der Waals surface area contributed by atoms with E-state index in [4.69, 9.17) is 21.3 Å². The molecule has 26 heavy (non-hydrogen) atoms. The summed E-state index contributed by atoms with van der Waals surface area (Å²) >= 11 is 6.06. The van der Waals surface area contributed by atoms with Gasteiger partial charge in [-0.2, -0.15) is 0 Å². The topological polar surface area (TPSA) is 40.1 Å². The van der Waals surface area contributed by atoms with E-state index in [1.807, 2.05) is 18.2 Å². The van der Waals surface area contributed by atoms with Gasteiger partial charge in [-0.3, -0.25) is 0 Å². The van der Waals surface area contributed by atoms with E-state index in [1.165, 1.54) is 38.9 Å². The summed E-state index contributed by atoms with van der Waals surface area (Å²) in [6.45, 7) is 9.57. The van der Waals surface area contributed by atoms with E-state index in [1.54, 1.807) is 7.11 Å². The monoisotopic (exact) mass is 378 g/mol. The number of halogens is 1. The molecule has 0 aromatic heterocycles. The van der Waals surface area contributed by atoms with E-state index >= 15 is 0 Å². The zero-order valence-electron chi connectivity index (χ0n) is 16.0. The van der Waals surface area contributed by atoms with E-state index < -0.39 is 0 Å². The Labute approximate surface area is 162 Å². The molecule has 0 bridgehead atoms. The van der Waals surface area contributed by atoms with E-state index in [2.05, 4.69) is 22.0 Å². The Morgan fingerprint density at radius 3 is 2.85 bits per heavy atom. The van der Waals surface area contributed by atoms with Crippen LogP contribution in [0.3, 0.4) is 0 Å². The lowest BCUT2D eigenvalue weighted by atomic mass is 10.1. The van der Waals surface area contributed by atoms with Gasteiger partial charge in [-0.25, -0.2) is 4.99 Å². The molecule has 2 aliphatic heterocycles. The van der Waals surface area contributed by atoms with Crippen LogP contribution in [-0.4, -0.2) is 62.1 Å². The highest BCUT2D eigenvalue weighted by molar-refractivity contribution is 6.30. The average molecular weight is 379 g/mol. The Morgan fingerprint density at radius 1 is 1.31 bits per heavy atom. The minimum atomic E-state index is 0.593. The summed E-state index contributed by atoms with van der Waals surface area (Å²) in [5, 5.41) is 4.14. The molecule has 5 nitrogen and oxygen atoms in total. The van der Waals surface area contributed by atoms with Gasteiger partial charge in [-0.05, 0) is 57.3 Å². The van der Waals surface area contributed by atoms with Crippen molar-refractivity contribution >= 4 is 17.6 Å². The molecule has 6 heteroatoms. The third-order valence-corrected chi connectivity index (χ3v) is 5.52. The third kappa shape index (κ3) is 5.04. The van der Waals surface area contributed by atoms with Gasteiger partial charge in [0.1, 0.15) is 5.75 Å². The smallest absolute Gasteiger partial charge is 0.194 e. The number of nitrogens with one attached hydrogen (secondary N) is 1. The molecule has 1 aromatic rings. The highest BCUT2D eigenvalue weighted by atomic mass is 35.5. The highest BCUT2D eigenvalue weighted by Crippen LogP contribution is 2.24. The molecule has 2 aliphatic rings. The van der Waals surface area contributed by atoms with E-state index in [-0.39, 0.29) is 0 Å². The zero-order valence-corrected chi connectivity index (χ0v) is 16.8. The maximum Gasteiger partial charge on any atom is 0.194 e. The normalized spacial score (nSPS) is 21.4. The van der Waals surface area contributed by atoms with Gasteiger partial charge in [-0.1, -0.05) is 17.7 Å². The number of nitrogens with zero attached hydrogens (tertiary/aromatic N) is 3. The number of guanidine groups is 1. The SMILES string of the molecule is CCNC(=NCc1ccc(Cl)cc1OC)N1CCC(CN2CCCC2)C1. The molecular weight excluding hydrogens is 348 g/mol. The van der Waals surface area contributed by atoms with Gasteiger partial charge in [0.15, 0.2) is 5.96 Å². The largest absolute Gasteiger partial charge is 0.496 e. The van der Waals surface area contributed by atoms with Crippen LogP contribution in [0, 0.1) is 5.92 Å². The lowest BCUT2D eigenvalue weighted by Gasteiger charge is -2.23. The molecular formula is C20H31ClN4O. The van der Waals surface area contributed by atoms with Crippen molar-refractivity contribution in [3.05, 3.63) is 28.8 Å². The second-order valence-corrected chi connectivity index (χ2v) is 7.67. The number of hydrogen-bond acceptors (Lipinski definition) is 3. The van der Waals surface area contributed by atoms with Crippen LogP contribution in [0.4, 0.5) is 0 Å². The Balaban J connectivity index is 1.62. The molecule has 3 rings (SSSR count). The molecule has 0 spiro atoms. The second-order valence-electron chi connectivity index (χ2n) is 7.23. The van der Waals surface area contributed by atoms with Crippen LogP contribution in [0.1, 0.15) is 31.7 Å². The molecule has 144 valence electrons. The molecule has 0 radical (unpaired) electrons. The summed E-state index contributed by atoms with van der Waals surface area (Å²) in [4.78, 5) is 9.90. The molecule has 1 aromatic carbocycles. The minimum absolute atomic E-state index is 0.593. The van der Waals surface area contributed by atoms with Crippen LogP contribution in [-0.2, 0) is 6.54 Å². The number of methoxy groups -OCH3 is 1. The number of aliphatic imine (C=N–C) groups is 1. The first kappa shape index (κ1) is 19.3. The second kappa shape index (κ2) is 9.47. The van der Waals surface area contributed by atoms with Crippen molar-refractivity contribution in [2.75, 3.05) is 46.4 Å². The number of ether oxygens (including phenoxy) is 1. The third-order valence-electron chi connectivity index (χ3n) is 5.28. The Hall–Kier alpha value is -1.46. The molecule has 1 unspecified atom stereocenters. The lowest BCUT2D eigenvalue weighted by molar-refractivity contribution is 0.281. The number of hydrogen-bond donors (Lipinski definition) is 1. The van der Waals surface area contributed by atoms with Gasteiger partial charge >= 0.3 is 0 Å². The summed E-state index contributed by atoms with van der Waals surface area (Å²) in [6, 6.07) is 5.74. The minimum Gasteiger partial charge on any atom is -0.496 e. The number of benzene rings is 1. The van der Waals surface area contributed by atoms with Crippen molar-refractivity contribution in [2.45, 2.75) is 32.7 Å². The predicted molar refractivity (Wildman–Crippen MR) is 108 cm³/mol. The van der Waals surface area contributed by atoms with Crippen molar-refractivity contribution in [3.8, 4) is 5.75 Å². The van der Waals surface area contributed by atoms with E-state index in [9.17, 15) is 0 Å². The average Bonchev–Trinajstić information content (AvgIpc) is 3.32. The summed E-state index contributed by atoms with van der Waals surface area (Å²) in [5.74, 6) is 2.56. The zero-order chi connectivity index (χ0) is 18.4. The fourth-order valence-corrected chi connectivity index (χ4v) is 4.10. The van der Waals surface area contributed by atoms with Crippen LogP contribution in [0.15, 0.2) is 23.2 Å². The van der Waals surface area contributed by atoms with Crippen molar-refractivity contribution in [1.29, 1.82) is 0 Å². The van der Waals surface area contributed by atoms with Crippen molar-refractivity contribution in [3.63, 3.8) is 0 Å². The van der Waals surface area contributed by atoms with E-state index in [0.717, 1.165) is 42.8 Å².